The van der Waals surface area contributed by atoms with Crippen LogP contribution >= 0.6 is 0 Å². The van der Waals surface area contributed by atoms with Crippen LogP contribution in [0, 0.1) is 0 Å². The van der Waals surface area contributed by atoms with Crippen LogP contribution in [-0.2, 0) is 21.7 Å². The highest BCUT2D eigenvalue weighted by Crippen LogP contribution is 2.51. The lowest BCUT2D eigenvalue weighted by molar-refractivity contribution is 0.590. The molecule has 0 N–H and O–H groups in total. The van der Waals surface area contributed by atoms with Crippen molar-refractivity contribution in [3.05, 3.63) is 180 Å². The van der Waals surface area contributed by atoms with Crippen molar-refractivity contribution in [2.24, 2.45) is 0 Å². The van der Waals surface area contributed by atoms with E-state index in [-0.39, 0.29) is 21.7 Å². The van der Waals surface area contributed by atoms with Crippen molar-refractivity contribution in [3.8, 4) is 22.3 Å². The second kappa shape index (κ2) is 14.8. The van der Waals surface area contributed by atoms with Gasteiger partial charge in [-0.2, -0.15) is 0 Å². The van der Waals surface area contributed by atoms with Crippen LogP contribution in [0.1, 0.15) is 105 Å². The van der Waals surface area contributed by atoms with Gasteiger partial charge in [-0.3, -0.25) is 0 Å². The molecule has 0 saturated carbocycles. The smallest absolute Gasteiger partial charge is 0.0468 e. The highest BCUT2D eigenvalue weighted by molar-refractivity contribution is 6.12. The van der Waals surface area contributed by atoms with Crippen molar-refractivity contribution in [2.45, 2.75) is 105 Å². The van der Waals surface area contributed by atoms with E-state index in [0.717, 1.165) is 34.1 Å². The second-order valence-electron chi connectivity index (χ2n) is 21.7. The highest BCUT2D eigenvalue weighted by Gasteiger charge is 2.26. The van der Waals surface area contributed by atoms with E-state index in [1.165, 1.54) is 66.1 Å². The van der Waals surface area contributed by atoms with Crippen LogP contribution in [-0.4, -0.2) is 0 Å². The number of fused-ring (bicyclic) bond motifs is 6. The van der Waals surface area contributed by atoms with Crippen molar-refractivity contribution in [1.82, 2.24) is 0 Å². The summed E-state index contributed by atoms with van der Waals surface area (Å²) in [6.45, 7) is 27.3. The Labute approximate surface area is 370 Å². The van der Waals surface area contributed by atoms with Crippen LogP contribution in [0.5, 0.6) is 0 Å². The molecule has 2 nitrogen and oxygen atoms in total. The van der Waals surface area contributed by atoms with Gasteiger partial charge in [0.1, 0.15) is 0 Å². The minimum absolute atomic E-state index is 0.0852. The fourth-order valence-electron chi connectivity index (χ4n) is 9.01. The van der Waals surface area contributed by atoms with E-state index in [9.17, 15) is 0 Å². The monoisotopic (exact) mass is 810 g/mol. The van der Waals surface area contributed by atoms with Gasteiger partial charge in [-0.15, -0.1) is 0 Å². The summed E-state index contributed by atoms with van der Waals surface area (Å²) in [6, 6.07) is 60.0. The largest absolute Gasteiger partial charge is 0.310 e. The molecule has 312 valence electrons. The summed E-state index contributed by atoms with van der Waals surface area (Å²) in [5, 5.41) is 4.99. The van der Waals surface area contributed by atoms with Gasteiger partial charge in [0.05, 0.1) is 0 Å². The van der Waals surface area contributed by atoms with Crippen LogP contribution in [0.15, 0.2) is 158 Å². The van der Waals surface area contributed by atoms with Crippen LogP contribution in [0.4, 0.5) is 34.1 Å². The Morgan fingerprint density at radius 2 is 0.435 bits per heavy atom. The summed E-state index contributed by atoms with van der Waals surface area (Å²) in [5.41, 5.74) is 17.9. The maximum atomic E-state index is 2.41. The SMILES string of the molecule is CC(C)(C)c1ccc(N(c2ccc(C(C)(C)C)cc2)c2ccc3cc4c(cc3c2)-c2cc3cc(N(c5ccc(C(C)(C)C)cc5)c5ccc(C(C)(C)C)cc5)ccc3cc2-4)cc1. The molecule has 0 bridgehead atoms. The number of anilines is 6. The Morgan fingerprint density at radius 1 is 0.226 bits per heavy atom. The summed E-state index contributed by atoms with van der Waals surface area (Å²) in [5.74, 6) is 0. The van der Waals surface area contributed by atoms with E-state index in [0.29, 0.717) is 0 Å². The molecule has 0 saturated heterocycles. The van der Waals surface area contributed by atoms with Crippen LogP contribution in [0.25, 0.3) is 43.8 Å². The van der Waals surface area contributed by atoms with E-state index in [1.54, 1.807) is 0 Å². The molecule has 1 aliphatic rings. The number of hydrogen-bond acceptors (Lipinski definition) is 2. The molecule has 0 aromatic heterocycles. The molecule has 0 aliphatic heterocycles. The summed E-state index contributed by atoms with van der Waals surface area (Å²) >= 11 is 0. The minimum Gasteiger partial charge on any atom is -0.310 e. The van der Waals surface area contributed by atoms with Gasteiger partial charge in [-0.05, 0) is 185 Å². The quantitative estimate of drug-likeness (QED) is 0.165. The van der Waals surface area contributed by atoms with Crippen LogP contribution in [0.2, 0.25) is 0 Å². The number of hydrogen-bond donors (Lipinski definition) is 0. The van der Waals surface area contributed by atoms with E-state index in [1.807, 2.05) is 0 Å². The van der Waals surface area contributed by atoms with Gasteiger partial charge >= 0.3 is 0 Å². The van der Waals surface area contributed by atoms with E-state index < -0.39 is 0 Å². The van der Waals surface area contributed by atoms with Gasteiger partial charge in [0.15, 0.2) is 0 Å². The molecular formula is C60H62N2. The lowest BCUT2D eigenvalue weighted by atomic mass is 9.78. The summed E-state index contributed by atoms with van der Waals surface area (Å²) in [4.78, 5) is 4.81. The fourth-order valence-corrected chi connectivity index (χ4v) is 9.01. The Bertz CT molecular complexity index is 2620. The molecule has 62 heavy (non-hydrogen) atoms. The zero-order chi connectivity index (χ0) is 43.9. The maximum absolute atomic E-state index is 2.41. The summed E-state index contributed by atoms with van der Waals surface area (Å²) in [6.07, 6.45) is 0. The lowest BCUT2D eigenvalue weighted by Gasteiger charge is -2.29. The zero-order valence-corrected chi connectivity index (χ0v) is 38.9. The average molecular weight is 811 g/mol. The molecule has 0 atom stereocenters. The van der Waals surface area contributed by atoms with Gasteiger partial charge in [0, 0.05) is 34.1 Å². The third kappa shape index (κ3) is 7.70. The van der Waals surface area contributed by atoms with Crippen molar-refractivity contribution in [3.63, 3.8) is 0 Å². The first-order chi connectivity index (χ1) is 29.2. The Balaban J connectivity index is 1.11. The molecule has 0 amide bonds. The van der Waals surface area contributed by atoms with Gasteiger partial charge in [-0.25, -0.2) is 0 Å². The highest BCUT2D eigenvalue weighted by atomic mass is 15.1. The third-order valence-electron chi connectivity index (χ3n) is 13.0. The van der Waals surface area contributed by atoms with Gasteiger partial charge in [0.2, 0.25) is 0 Å². The molecule has 0 spiro atoms. The molecule has 8 aromatic carbocycles. The first-order valence-electron chi connectivity index (χ1n) is 22.4. The number of rotatable bonds is 6. The van der Waals surface area contributed by atoms with E-state index >= 15 is 0 Å². The van der Waals surface area contributed by atoms with Crippen molar-refractivity contribution in [2.75, 3.05) is 9.80 Å². The zero-order valence-electron chi connectivity index (χ0n) is 38.9. The van der Waals surface area contributed by atoms with Gasteiger partial charge in [0.25, 0.3) is 0 Å². The van der Waals surface area contributed by atoms with Crippen molar-refractivity contribution >= 4 is 55.7 Å². The molecule has 0 fully saturated rings. The van der Waals surface area contributed by atoms with Crippen molar-refractivity contribution < 1.29 is 0 Å². The molecule has 0 radical (unpaired) electrons. The molecule has 0 unspecified atom stereocenters. The molecule has 2 heteroatoms. The van der Waals surface area contributed by atoms with E-state index in [4.69, 9.17) is 0 Å². The van der Waals surface area contributed by atoms with E-state index in [2.05, 4.69) is 251 Å². The maximum Gasteiger partial charge on any atom is 0.0468 e. The molecule has 8 aromatic rings. The normalized spacial score (nSPS) is 12.8. The first-order valence-corrected chi connectivity index (χ1v) is 22.4. The van der Waals surface area contributed by atoms with Crippen LogP contribution < -0.4 is 9.80 Å². The summed E-state index contributed by atoms with van der Waals surface area (Å²) < 4.78 is 0. The standard InChI is InChI=1S/C60H62N2/c1-57(2,3)43-15-25-47(26-16-43)61(48-27-17-44(18-28-48)58(4,5)6)51-23-13-39-35-53-54-36-40-14-24-52(34-42(40)38-56(54)55(53)37-41(39)33-51)62(49-29-19-45(20-30-49)59(7,8)9)50-31-21-46(22-32-50)60(10,11)12/h13-38H,1-12H3. The topological polar surface area (TPSA) is 6.48 Å². The number of nitrogens with zero attached hydrogens (tertiary/aromatic N) is 2. The Kier molecular flexibility index (Phi) is 9.82. The van der Waals surface area contributed by atoms with Crippen LogP contribution in [0.3, 0.4) is 0 Å². The first kappa shape index (κ1) is 41.2. The predicted molar refractivity (Wildman–Crippen MR) is 270 cm³/mol. The Hall–Kier alpha value is -6.12. The fraction of sp³-hybridized carbons (Fsp3) is 0.267. The molecule has 9 rings (SSSR count). The average Bonchev–Trinajstić information content (AvgIpc) is 3.22. The molecule has 1 aliphatic carbocycles. The van der Waals surface area contributed by atoms with Crippen molar-refractivity contribution in [1.29, 1.82) is 0 Å². The molecular weight excluding hydrogens is 749 g/mol. The Morgan fingerprint density at radius 3 is 0.661 bits per heavy atom. The minimum atomic E-state index is 0.0852. The molecule has 0 heterocycles. The summed E-state index contributed by atoms with van der Waals surface area (Å²) in [7, 11) is 0. The number of benzene rings is 8. The lowest BCUT2D eigenvalue weighted by Crippen LogP contribution is -2.14. The third-order valence-corrected chi connectivity index (χ3v) is 13.0. The second-order valence-corrected chi connectivity index (χ2v) is 21.7. The van der Waals surface area contributed by atoms with Gasteiger partial charge < -0.3 is 9.80 Å². The predicted octanol–water partition coefficient (Wildman–Crippen LogP) is 17.8. The van der Waals surface area contributed by atoms with Gasteiger partial charge in [-0.1, -0.05) is 144 Å².